The van der Waals surface area contributed by atoms with Crippen molar-refractivity contribution in [2.75, 3.05) is 19.0 Å². The Kier molecular flexibility index (Phi) is 4.92. The van der Waals surface area contributed by atoms with Gasteiger partial charge in [-0.15, -0.1) is 11.6 Å². The summed E-state index contributed by atoms with van der Waals surface area (Å²) in [5.74, 6) is -0.199. The van der Waals surface area contributed by atoms with Gasteiger partial charge < -0.3 is 4.74 Å². The van der Waals surface area contributed by atoms with Gasteiger partial charge in [-0.25, -0.2) is 12.8 Å². The van der Waals surface area contributed by atoms with Gasteiger partial charge in [-0.3, -0.25) is 0 Å². The number of rotatable bonds is 3. The second-order valence-corrected chi connectivity index (χ2v) is 7.60. The van der Waals surface area contributed by atoms with E-state index in [1.165, 1.54) is 16.4 Å². The number of nitrogens with zero attached hydrogens (tertiary/aromatic N) is 1. The highest BCUT2D eigenvalue weighted by atomic mass is 35.5. The summed E-state index contributed by atoms with van der Waals surface area (Å²) in [6.07, 6.45) is -0.551. The quantitative estimate of drug-likeness (QED) is 0.797. The Morgan fingerprint density at radius 3 is 2.43 bits per heavy atom. The molecule has 1 aliphatic heterocycles. The van der Waals surface area contributed by atoms with Gasteiger partial charge in [0.05, 0.1) is 17.1 Å². The van der Waals surface area contributed by atoms with E-state index in [0.29, 0.717) is 11.1 Å². The summed E-state index contributed by atoms with van der Waals surface area (Å²) in [6, 6.07) is 2.48. The predicted molar refractivity (Wildman–Crippen MR) is 79.7 cm³/mol. The number of ether oxygens (including phenoxy) is 1. The second-order valence-electron chi connectivity index (χ2n) is 5.41. The minimum absolute atomic E-state index is 0.173. The molecule has 1 fully saturated rings. The van der Waals surface area contributed by atoms with E-state index in [1.54, 1.807) is 13.8 Å². The van der Waals surface area contributed by atoms with Gasteiger partial charge in [0, 0.05) is 19.0 Å². The molecular formula is C14H19ClFNO3S. The van der Waals surface area contributed by atoms with Crippen LogP contribution >= 0.6 is 11.6 Å². The Bertz CT molecular complexity index is 612. The third kappa shape index (κ3) is 3.39. The lowest BCUT2D eigenvalue weighted by Gasteiger charge is -2.35. The largest absolute Gasteiger partial charge is 0.371 e. The summed E-state index contributed by atoms with van der Waals surface area (Å²) in [5.41, 5.74) is 0.822. The van der Waals surface area contributed by atoms with Crippen LogP contribution in [-0.2, 0) is 14.8 Å². The third-order valence-electron chi connectivity index (χ3n) is 3.49. The molecule has 1 aromatic carbocycles. The number of hydrogen-bond acceptors (Lipinski definition) is 3. The van der Waals surface area contributed by atoms with Crippen molar-refractivity contribution < 1.29 is 17.5 Å². The summed E-state index contributed by atoms with van der Waals surface area (Å²) in [4.78, 5) is 0.173. The Balaban J connectivity index is 2.43. The molecule has 0 amide bonds. The van der Waals surface area contributed by atoms with E-state index in [1.807, 2.05) is 6.92 Å². The van der Waals surface area contributed by atoms with Crippen LogP contribution in [0.4, 0.5) is 4.39 Å². The van der Waals surface area contributed by atoms with Crippen molar-refractivity contribution in [3.8, 4) is 0 Å². The zero-order valence-electron chi connectivity index (χ0n) is 12.3. The standard InChI is InChI=1S/C14H19ClFNO3S/c1-9-4-12(16)5-10(2)14(9)21(18,19)17-7-11(3)20-13(6-15)8-17/h4-5,11,13H,6-8H2,1-3H3. The predicted octanol–water partition coefficient (Wildman–Crippen LogP) is 2.46. The highest BCUT2D eigenvalue weighted by Gasteiger charge is 2.35. The molecule has 1 aliphatic rings. The lowest BCUT2D eigenvalue weighted by Crippen LogP contribution is -2.49. The van der Waals surface area contributed by atoms with E-state index in [9.17, 15) is 12.8 Å². The molecule has 2 atom stereocenters. The van der Waals surface area contributed by atoms with E-state index in [4.69, 9.17) is 16.3 Å². The highest BCUT2D eigenvalue weighted by Crippen LogP contribution is 2.27. The number of alkyl halides is 1. The van der Waals surface area contributed by atoms with Crippen LogP contribution in [0.25, 0.3) is 0 Å². The molecule has 4 nitrogen and oxygen atoms in total. The number of benzene rings is 1. The van der Waals surface area contributed by atoms with E-state index in [2.05, 4.69) is 0 Å². The normalized spacial score (nSPS) is 24.2. The molecule has 21 heavy (non-hydrogen) atoms. The van der Waals surface area contributed by atoms with Crippen LogP contribution in [0.5, 0.6) is 0 Å². The fourth-order valence-electron chi connectivity index (χ4n) is 2.72. The number of halogens is 2. The zero-order chi connectivity index (χ0) is 15.8. The van der Waals surface area contributed by atoms with Crippen LogP contribution < -0.4 is 0 Å². The van der Waals surface area contributed by atoms with E-state index < -0.39 is 15.8 Å². The van der Waals surface area contributed by atoms with Crippen molar-refractivity contribution in [3.05, 3.63) is 29.1 Å². The molecule has 0 N–H and O–H groups in total. The molecule has 1 heterocycles. The van der Waals surface area contributed by atoms with Gasteiger partial charge in [-0.2, -0.15) is 4.31 Å². The monoisotopic (exact) mass is 335 g/mol. The lowest BCUT2D eigenvalue weighted by atomic mass is 10.1. The summed E-state index contributed by atoms with van der Waals surface area (Å²) in [7, 11) is -3.69. The molecule has 1 aromatic rings. The average Bonchev–Trinajstić information content (AvgIpc) is 2.36. The van der Waals surface area contributed by atoms with E-state index in [-0.39, 0.29) is 36.1 Å². The maximum absolute atomic E-state index is 13.4. The maximum Gasteiger partial charge on any atom is 0.243 e. The van der Waals surface area contributed by atoms with Gasteiger partial charge in [-0.05, 0) is 44.0 Å². The van der Waals surface area contributed by atoms with E-state index in [0.717, 1.165) is 0 Å². The van der Waals surface area contributed by atoms with Crippen molar-refractivity contribution in [1.29, 1.82) is 0 Å². The number of aryl methyl sites for hydroxylation is 2. The van der Waals surface area contributed by atoms with Crippen LogP contribution in [0.1, 0.15) is 18.1 Å². The topological polar surface area (TPSA) is 46.6 Å². The van der Waals surface area contributed by atoms with Gasteiger partial charge in [0.15, 0.2) is 0 Å². The average molecular weight is 336 g/mol. The minimum atomic E-state index is -3.69. The molecule has 118 valence electrons. The van der Waals surface area contributed by atoms with Gasteiger partial charge in [0.2, 0.25) is 10.0 Å². The lowest BCUT2D eigenvalue weighted by molar-refractivity contribution is -0.0423. The first-order valence-corrected chi connectivity index (χ1v) is 8.71. The van der Waals surface area contributed by atoms with Crippen molar-refractivity contribution in [3.63, 3.8) is 0 Å². The first kappa shape index (κ1) is 16.7. The molecule has 0 aromatic heterocycles. The van der Waals surface area contributed by atoms with Crippen LogP contribution in [-0.4, -0.2) is 43.9 Å². The number of sulfonamides is 1. The first-order chi connectivity index (χ1) is 9.75. The van der Waals surface area contributed by atoms with Crippen LogP contribution in [0.15, 0.2) is 17.0 Å². The highest BCUT2D eigenvalue weighted by molar-refractivity contribution is 7.89. The van der Waals surface area contributed by atoms with Crippen molar-refractivity contribution in [2.45, 2.75) is 37.9 Å². The van der Waals surface area contributed by atoms with Gasteiger partial charge in [0.25, 0.3) is 0 Å². The van der Waals surface area contributed by atoms with Crippen LogP contribution in [0, 0.1) is 19.7 Å². The molecule has 0 aliphatic carbocycles. The molecule has 7 heteroatoms. The molecular weight excluding hydrogens is 317 g/mol. The number of morpholine rings is 1. The van der Waals surface area contributed by atoms with E-state index >= 15 is 0 Å². The SMILES string of the molecule is Cc1cc(F)cc(C)c1S(=O)(=O)N1CC(C)OC(CCl)C1. The van der Waals surface area contributed by atoms with Crippen LogP contribution in [0.2, 0.25) is 0 Å². The first-order valence-electron chi connectivity index (χ1n) is 6.74. The minimum Gasteiger partial charge on any atom is -0.371 e. The Labute approximate surface area is 129 Å². The molecule has 2 unspecified atom stereocenters. The molecule has 0 saturated carbocycles. The van der Waals surface area contributed by atoms with Crippen molar-refractivity contribution >= 4 is 21.6 Å². The summed E-state index contributed by atoms with van der Waals surface area (Å²) in [6.45, 7) is 5.50. The molecule has 0 spiro atoms. The smallest absolute Gasteiger partial charge is 0.243 e. The summed E-state index contributed by atoms with van der Waals surface area (Å²) < 4.78 is 46.0. The van der Waals surface area contributed by atoms with Crippen molar-refractivity contribution in [1.82, 2.24) is 4.31 Å². The molecule has 0 radical (unpaired) electrons. The Morgan fingerprint density at radius 2 is 1.90 bits per heavy atom. The summed E-state index contributed by atoms with van der Waals surface area (Å²) in [5, 5.41) is 0. The van der Waals surface area contributed by atoms with Gasteiger partial charge >= 0.3 is 0 Å². The fraction of sp³-hybridized carbons (Fsp3) is 0.571. The molecule has 1 saturated heterocycles. The van der Waals surface area contributed by atoms with Crippen LogP contribution in [0.3, 0.4) is 0 Å². The Morgan fingerprint density at radius 1 is 1.33 bits per heavy atom. The molecule has 0 bridgehead atoms. The number of hydrogen-bond donors (Lipinski definition) is 0. The third-order valence-corrected chi connectivity index (χ3v) is 5.97. The maximum atomic E-state index is 13.4. The van der Waals surface area contributed by atoms with Gasteiger partial charge in [0.1, 0.15) is 5.82 Å². The molecule has 2 rings (SSSR count). The second kappa shape index (κ2) is 6.20. The van der Waals surface area contributed by atoms with Crippen molar-refractivity contribution in [2.24, 2.45) is 0 Å². The van der Waals surface area contributed by atoms with Gasteiger partial charge in [-0.1, -0.05) is 0 Å². The summed E-state index contributed by atoms with van der Waals surface area (Å²) >= 11 is 5.79. The fourth-order valence-corrected chi connectivity index (χ4v) is 4.85. The Hall–Kier alpha value is -0.690. The zero-order valence-corrected chi connectivity index (χ0v) is 13.8.